The molecule has 0 unspecified atom stereocenters. The Morgan fingerprint density at radius 2 is 1.78 bits per heavy atom. The second-order valence-corrected chi connectivity index (χ2v) is 5.05. The normalized spacial score (nSPS) is 14.3. The molecule has 0 N–H and O–H groups in total. The Hall–Kier alpha value is -1.54. The van der Waals surface area contributed by atoms with Crippen LogP contribution in [0.3, 0.4) is 0 Å². The quantitative estimate of drug-likeness (QED) is 0.770. The van der Waals surface area contributed by atoms with E-state index in [0.29, 0.717) is 5.02 Å². The molecule has 0 saturated carbocycles. The van der Waals surface area contributed by atoms with Gasteiger partial charge in [-0.2, -0.15) is 0 Å². The number of pyridine rings is 1. The standard InChI is InChI=1S/C15H14ClNO/c16-13-10-11-6-4-5-9-14(11)17(15(13)18)12-7-2-1-3-8-12/h1-3,7-8,10H,4-6,9H2. The second-order valence-electron chi connectivity index (χ2n) is 4.65. The third-order valence-electron chi connectivity index (χ3n) is 3.47. The molecule has 2 nitrogen and oxygen atoms in total. The topological polar surface area (TPSA) is 22.0 Å². The number of aromatic nitrogens is 1. The van der Waals surface area contributed by atoms with E-state index in [1.165, 1.54) is 12.0 Å². The SMILES string of the molecule is O=c1c(Cl)cc2c(n1-c1ccccc1)CCCC2. The Kier molecular flexibility index (Phi) is 2.96. The van der Waals surface area contributed by atoms with Gasteiger partial charge in [0.1, 0.15) is 5.02 Å². The molecular formula is C15H14ClNO. The lowest BCUT2D eigenvalue weighted by Crippen LogP contribution is -2.25. The van der Waals surface area contributed by atoms with Crippen molar-refractivity contribution in [3.05, 3.63) is 63.0 Å². The molecule has 1 aliphatic carbocycles. The van der Waals surface area contributed by atoms with Crippen LogP contribution in [0.15, 0.2) is 41.2 Å². The fraction of sp³-hybridized carbons (Fsp3) is 0.267. The summed E-state index contributed by atoms with van der Waals surface area (Å²) in [6, 6.07) is 11.6. The molecule has 18 heavy (non-hydrogen) atoms. The Morgan fingerprint density at radius 3 is 2.56 bits per heavy atom. The summed E-state index contributed by atoms with van der Waals surface area (Å²) in [6.07, 6.45) is 4.29. The van der Waals surface area contributed by atoms with Crippen molar-refractivity contribution in [2.45, 2.75) is 25.7 Å². The summed E-state index contributed by atoms with van der Waals surface area (Å²) >= 11 is 6.07. The average molecular weight is 260 g/mol. The van der Waals surface area contributed by atoms with Gasteiger partial charge in [-0.15, -0.1) is 0 Å². The van der Waals surface area contributed by atoms with Crippen LogP contribution in [0.5, 0.6) is 0 Å². The van der Waals surface area contributed by atoms with Gasteiger partial charge in [-0.05, 0) is 49.4 Å². The largest absolute Gasteiger partial charge is 0.280 e. The number of rotatable bonds is 1. The summed E-state index contributed by atoms with van der Waals surface area (Å²) in [5, 5.41) is 0.319. The lowest BCUT2D eigenvalue weighted by atomic mass is 9.95. The molecule has 0 amide bonds. The number of nitrogens with zero attached hydrogens (tertiary/aromatic N) is 1. The zero-order valence-electron chi connectivity index (χ0n) is 10.0. The van der Waals surface area contributed by atoms with Crippen LogP contribution >= 0.6 is 11.6 Å². The summed E-state index contributed by atoms with van der Waals surface area (Å²) in [5.74, 6) is 0. The first-order chi connectivity index (χ1) is 8.77. The van der Waals surface area contributed by atoms with E-state index >= 15 is 0 Å². The van der Waals surface area contributed by atoms with Crippen LogP contribution in [0.25, 0.3) is 5.69 Å². The molecule has 0 spiro atoms. The van der Waals surface area contributed by atoms with Crippen molar-refractivity contribution in [3.8, 4) is 5.69 Å². The van der Waals surface area contributed by atoms with E-state index < -0.39 is 0 Å². The lowest BCUT2D eigenvalue weighted by molar-refractivity contribution is 0.644. The molecular weight excluding hydrogens is 246 g/mol. The zero-order valence-corrected chi connectivity index (χ0v) is 10.8. The van der Waals surface area contributed by atoms with Gasteiger partial charge in [0, 0.05) is 11.4 Å². The molecule has 2 aromatic rings. The van der Waals surface area contributed by atoms with E-state index in [9.17, 15) is 4.79 Å². The number of benzene rings is 1. The van der Waals surface area contributed by atoms with Crippen molar-refractivity contribution in [2.75, 3.05) is 0 Å². The van der Waals surface area contributed by atoms with Crippen molar-refractivity contribution in [3.63, 3.8) is 0 Å². The number of aryl methyl sites for hydroxylation is 1. The van der Waals surface area contributed by atoms with Crippen LogP contribution in [-0.4, -0.2) is 4.57 Å². The maximum absolute atomic E-state index is 12.3. The van der Waals surface area contributed by atoms with Crippen molar-refractivity contribution in [2.24, 2.45) is 0 Å². The summed E-state index contributed by atoms with van der Waals surface area (Å²) in [4.78, 5) is 12.3. The third-order valence-corrected chi connectivity index (χ3v) is 3.74. The Bertz CT molecular complexity index is 631. The highest BCUT2D eigenvalue weighted by atomic mass is 35.5. The maximum Gasteiger partial charge on any atom is 0.274 e. The smallest absolute Gasteiger partial charge is 0.274 e. The minimum Gasteiger partial charge on any atom is -0.280 e. The van der Waals surface area contributed by atoms with Gasteiger partial charge in [0.25, 0.3) is 5.56 Å². The van der Waals surface area contributed by atoms with Crippen LogP contribution in [0.1, 0.15) is 24.1 Å². The van der Waals surface area contributed by atoms with E-state index in [0.717, 1.165) is 30.6 Å². The molecule has 3 heteroatoms. The molecule has 0 aliphatic heterocycles. The molecule has 0 saturated heterocycles. The Morgan fingerprint density at radius 1 is 1.06 bits per heavy atom. The fourth-order valence-electron chi connectivity index (χ4n) is 2.62. The van der Waals surface area contributed by atoms with Crippen LogP contribution in [0.4, 0.5) is 0 Å². The van der Waals surface area contributed by atoms with Crippen LogP contribution in [0, 0.1) is 0 Å². The van der Waals surface area contributed by atoms with Crippen LogP contribution in [0.2, 0.25) is 5.02 Å². The highest BCUT2D eigenvalue weighted by molar-refractivity contribution is 6.30. The first-order valence-corrected chi connectivity index (χ1v) is 6.64. The molecule has 0 radical (unpaired) electrons. The predicted molar refractivity (Wildman–Crippen MR) is 73.7 cm³/mol. The summed E-state index contributed by atoms with van der Waals surface area (Å²) in [6.45, 7) is 0. The first kappa shape index (κ1) is 11.5. The molecule has 1 aromatic carbocycles. The molecule has 1 heterocycles. The van der Waals surface area contributed by atoms with Gasteiger partial charge in [-0.3, -0.25) is 9.36 Å². The lowest BCUT2D eigenvalue weighted by Gasteiger charge is -2.21. The number of para-hydroxylation sites is 1. The summed E-state index contributed by atoms with van der Waals surface area (Å²) in [7, 11) is 0. The van der Waals surface area contributed by atoms with Crippen LogP contribution < -0.4 is 5.56 Å². The molecule has 0 fully saturated rings. The van der Waals surface area contributed by atoms with Gasteiger partial charge in [0.2, 0.25) is 0 Å². The fourth-order valence-corrected chi connectivity index (χ4v) is 2.83. The molecule has 1 aromatic heterocycles. The highest BCUT2D eigenvalue weighted by Gasteiger charge is 2.17. The highest BCUT2D eigenvalue weighted by Crippen LogP contribution is 2.24. The predicted octanol–water partition coefficient (Wildman–Crippen LogP) is 3.37. The van der Waals surface area contributed by atoms with Gasteiger partial charge in [-0.25, -0.2) is 0 Å². The van der Waals surface area contributed by atoms with Crippen molar-refractivity contribution in [1.82, 2.24) is 4.57 Å². The van der Waals surface area contributed by atoms with E-state index in [4.69, 9.17) is 11.6 Å². The monoisotopic (exact) mass is 259 g/mol. The number of halogens is 1. The molecule has 92 valence electrons. The van der Waals surface area contributed by atoms with Gasteiger partial charge in [0.15, 0.2) is 0 Å². The van der Waals surface area contributed by atoms with E-state index in [-0.39, 0.29) is 5.56 Å². The zero-order chi connectivity index (χ0) is 12.5. The van der Waals surface area contributed by atoms with Crippen molar-refractivity contribution < 1.29 is 0 Å². The molecule has 0 atom stereocenters. The molecule has 0 bridgehead atoms. The third kappa shape index (κ3) is 1.87. The summed E-state index contributed by atoms with van der Waals surface area (Å²) in [5.41, 5.74) is 3.14. The molecule has 3 rings (SSSR count). The number of fused-ring (bicyclic) bond motifs is 1. The average Bonchev–Trinajstić information content (AvgIpc) is 2.41. The number of hydrogen-bond donors (Lipinski definition) is 0. The second kappa shape index (κ2) is 4.62. The van der Waals surface area contributed by atoms with Crippen LogP contribution in [-0.2, 0) is 12.8 Å². The van der Waals surface area contributed by atoms with Crippen molar-refractivity contribution >= 4 is 11.6 Å². The first-order valence-electron chi connectivity index (χ1n) is 6.26. The Balaban J connectivity index is 2.31. The van der Waals surface area contributed by atoms with E-state index in [1.54, 1.807) is 4.57 Å². The van der Waals surface area contributed by atoms with E-state index in [2.05, 4.69) is 0 Å². The summed E-state index contributed by atoms with van der Waals surface area (Å²) < 4.78 is 1.77. The minimum absolute atomic E-state index is 0.108. The van der Waals surface area contributed by atoms with Gasteiger partial charge in [-0.1, -0.05) is 29.8 Å². The van der Waals surface area contributed by atoms with Gasteiger partial charge >= 0.3 is 0 Å². The maximum atomic E-state index is 12.3. The number of hydrogen-bond acceptors (Lipinski definition) is 1. The minimum atomic E-state index is -0.108. The van der Waals surface area contributed by atoms with Gasteiger partial charge in [0.05, 0.1) is 0 Å². The van der Waals surface area contributed by atoms with Crippen molar-refractivity contribution in [1.29, 1.82) is 0 Å². The van der Waals surface area contributed by atoms with E-state index in [1.807, 2.05) is 36.4 Å². The Labute approximate surface area is 111 Å². The van der Waals surface area contributed by atoms with Gasteiger partial charge < -0.3 is 0 Å². The molecule has 1 aliphatic rings.